The number of anilines is 2. The Balaban J connectivity index is 1.97. The Hall–Kier alpha value is -1.29. The Morgan fingerprint density at radius 2 is 2.00 bits per heavy atom. The predicted octanol–water partition coefficient (Wildman–Crippen LogP) is 0.884. The third-order valence-electron chi connectivity index (χ3n) is 3.00. The molecule has 1 aliphatic rings. The monoisotopic (exact) mass is 206 g/mol. The van der Waals surface area contributed by atoms with Gasteiger partial charge in [0.1, 0.15) is 5.82 Å². The molecule has 0 radical (unpaired) electrons. The highest BCUT2D eigenvalue weighted by Crippen LogP contribution is 2.18. The second-order valence-corrected chi connectivity index (χ2v) is 4.06. The van der Waals surface area contributed by atoms with Crippen molar-refractivity contribution in [2.45, 2.75) is 19.3 Å². The highest BCUT2D eigenvalue weighted by molar-refractivity contribution is 5.56. The molecule has 1 fully saturated rings. The van der Waals surface area contributed by atoms with Gasteiger partial charge >= 0.3 is 0 Å². The van der Waals surface area contributed by atoms with Crippen LogP contribution in [-0.2, 0) is 6.42 Å². The number of nitrogens with zero attached hydrogens (tertiary/aromatic N) is 2. The van der Waals surface area contributed by atoms with Crippen molar-refractivity contribution in [2.24, 2.45) is 0 Å². The summed E-state index contributed by atoms with van der Waals surface area (Å²) in [5, 5.41) is 0. The van der Waals surface area contributed by atoms with E-state index in [9.17, 15) is 0 Å². The van der Waals surface area contributed by atoms with Gasteiger partial charge in [-0.05, 0) is 38.4 Å². The second kappa shape index (κ2) is 4.49. The summed E-state index contributed by atoms with van der Waals surface area (Å²) in [6, 6.07) is 1.82. The maximum absolute atomic E-state index is 5.87. The van der Waals surface area contributed by atoms with E-state index in [-0.39, 0.29) is 0 Å². The van der Waals surface area contributed by atoms with E-state index in [0.29, 0.717) is 5.82 Å². The lowest BCUT2D eigenvalue weighted by Crippen LogP contribution is -2.22. The Bertz CT molecular complexity index is 311. The minimum Gasteiger partial charge on any atom is -0.398 e. The van der Waals surface area contributed by atoms with Crippen molar-refractivity contribution in [1.29, 1.82) is 0 Å². The van der Waals surface area contributed by atoms with Crippen LogP contribution in [0.4, 0.5) is 11.5 Å². The van der Waals surface area contributed by atoms with Gasteiger partial charge in [-0.2, -0.15) is 0 Å². The smallest absolute Gasteiger partial charge is 0.128 e. The third-order valence-corrected chi connectivity index (χ3v) is 3.00. The molecule has 1 saturated heterocycles. The van der Waals surface area contributed by atoms with Crippen LogP contribution in [0.1, 0.15) is 18.4 Å². The SMILES string of the molecule is Nc1ccnc(N)c1CCN1CCCC1. The minimum atomic E-state index is 0.578. The molecule has 1 aromatic heterocycles. The molecule has 1 aliphatic heterocycles. The molecule has 0 saturated carbocycles. The average molecular weight is 206 g/mol. The quantitative estimate of drug-likeness (QED) is 0.770. The minimum absolute atomic E-state index is 0.578. The molecular weight excluding hydrogens is 188 g/mol. The molecule has 2 heterocycles. The lowest BCUT2D eigenvalue weighted by atomic mass is 10.1. The molecule has 0 unspecified atom stereocenters. The van der Waals surface area contributed by atoms with Crippen molar-refractivity contribution >= 4 is 11.5 Å². The molecule has 0 bridgehead atoms. The van der Waals surface area contributed by atoms with Crippen LogP contribution in [-0.4, -0.2) is 29.5 Å². The van der Waals surface area contributed by atoms with E-state index < -0.39 is 0 Å². The molecule has 0 amide bonds. The highest BCUT2D eigenvalue weighted by Gasteiger charge is 2.12. The van der Waals surface area contributed by atoms with Crippen molar-refractivity contribution in [3.8, 4) is 0 Å². The molecule has 82 valence electrons. The fraction of sp³-hybridized carbons (Fsp3) is 0.545. The molecule has 4 N–H and O–H groups in total. The van der Waals surface area contributed by atoms with E-state index >= 15 is 0 Å². The first-order chi connectivity index (χ1) is 7.27. The Labute approximate surface area is 90.3 Å². The summed E-state index contributed by atoms with van der Waals surface area (Å²) in [5.74, 6) is 0.578. The molecule has 0 spiro atoms. The molecule has 2 rings (SSSR count). The van der Waals surface area contributed by atoms with E-state index in [2.05, 4.69) is 9.88 Å². The summed E-state index contributed by atoms with van der Waals surface area (Å²) < 4.78 is 0. The van der Waals surface area contributed by atoms with Crippen LogP contribution in [0.15, 0.2) is 12.3 Å². The van der Waals surface area contributed by atoms with Crippen LogP contribution in [0.5, 0.6) is 0 Å². The molecule has 4 nitrogen and oxygen atoms in total. The van der Waals surface area contributed by atoms with E-state index in [1.54, 1.807) is 6.20 Å². The fourth-order valence-electron chi connectivity index (χ4n) is 2.07. The Morgan fingerprint density at radius 1 is 1.27 bits per heavy atom. The number of likely N-dealkylation sites (tertiary alicyclic amines) is 1. The average Bonchev–Trinajstić information content (AvgIpc) is 2.70. The van der Waals surface area contributed by atoms with E-state index in [4.69, 9.17) is 11.5 Å². The third kappa shape index (κ3) is 2.39. The first-order valence-corrected chi connectivity index (χ1v) is 5.48. The van der Waals surface area contributed by atoms with E-state index in [0.717, 1.165) is 24.2 Å². The van der Waals surface area contributed by atoms with Gasteiger partial charge in [-0.3, -0.25) is 0 Å². The summed E-state index contributed by atoms with van der Waals surface area (Å²) in [6.45, 7) is 3.46. The maximum atomic E-state index is 5.87. The number of pyridine rings is 1. The maximum Gasteiger partial charge on any atom is 0.128 e. The van der Waals surface area contributed by atoms with Gasteiger partial charge in [0.05, 0.1) is 0 Å². The number of nitrogens with two attached hydrogens (primary N) is 2. The van der Waals surface area contributed by atoms with Crippen LogP contribution in [0.3, 0.4) is 0 Å². The number of hydrogen-bond acceptors (Lipinski definition) is 4. The van der Waals surface area contributed by atoms with Gasteiger partial charge in [-0.1, -0.05) is 0 Å². The summed E-state index contributed by atoms with van der Waals surface area (Å²) in [4.78, 5) is 6.51. The lowest BCUT2D eigenvalue weighted by Gasteiger charge is -2.15. The van der Waals surface area contributed by atoms with Crippen molar-refractivity contribution in [3.05, 3.63) is 17.8 Å². The molecule has 0 aliphatic carbocycles. The first kappa shape index (κ1) is 10.2. The summed E-state index contributed by atoms with van der Waals surface area (Å²) in [6.07, 6.45) is 5.20. The van der Waals surface area contributed by atoms with E-state index in [1.165, 1.54) is 25.9 Å². The summed E-state index contributed by atoms with van der Waals surface area (Å²) >= 11 is 0. The molecule has 0 atom stereocenters. The highest BCUT2D eigenvalue weighted by atomic mass is 15.1. The van der Waals surface area contributed by atoms with Crippen molar-refractivity contribution < 1.29 is 0 Å². The van der Waals surface area contributed by atoms with Crippen molar-refractivity contribution in [2.75, 3.05) is 31.1 Å². The predicted molar refractivity (Wildman–Crippen MR) is 62.4 cm³/mol. The molecule has 15 heavy (non-hydrogen) atoms. The van der Waals surface area contributed by atoms with Crippen LogP contribution >= 0.6 is 0 Å². The van der Waals surface area contributed by atoms with E-state index in [1.807, 2.05) is 6.07 Å². The van der Waals surface area contributed by atoms with Gasteiger partial charge in [0.25, 0.3) is 0 Å². The number of hydrogen-bond donors (Lipinski definition) is 2. The zero-order valence-corrected chi connectivity index (χ0v) is 8.95. The fourth-order valence-corrected chi connectivity index (χ4v) is 2.07. The van der Waals surface area contributed by atoms with Gasteiger partial charge in [-0.15, -0.1) is 0 Å². The van der Waals surface area contributed by atoms with Gasteiger partial charge < -0.3 is 16.4 Å². The number of rotatable bonds is 3. The first-order valence-electron chi connectivity index (χ1n) is 5.48. The van der Waals surface area contributed by atoms with Gasteiger partial charge in [0.15, 0.2) is 0 Å². The van der Waals surface area contributed by atoms with Crippen LogP contribution in [0.25, 0.3) is 0 Å². The molecular formula is C11H18N4. The molecule has 1 aromatic rings. The van der Waals surface area contributed by atoms with Crippen molar-refractivity contribution in [3.63, 3.8) is 0 Å². The van der Waals surface area contributed by atoms with Gasteiger partial charge in [0, 0.05) is 24.0 Å². The zero-order chi connectivity index (χ0) is 10.7. The topological polar surface area (TPSA) is 68.2 Å². The number of aromatic nitrogens is 1. The zero-order valence-electron chi connectivity index (χ0n) is 8.95. The van der Waals surface area contributed by atoms with Crippen LogP contribution < -0.4 is 11.5 Å². The molecule has 4 heteroatoms. The largest absolute Gasteiger partial charge is 0.398 e. The normalized spacial score (nSPS) is 17.1. The summed E-state index contributed by atoms with van der Waals surface area (Å²) in [5.41, 5.74) is 13.4. The van der Waals surface area contributed by atoms with Crippen molar-refractivity contribution in [1.82, 2.24) is 9.88 Å². The molecule has 0 aromatic carbocycles. The van der Waals surface area contributed by atoms with Crippen LogP contribution in [0, 0.1) is 0 Å². The Morgan fingerprint density at radius 3 is 2.67 bits per heavy atom. The van der Waals surface area contributed by atoms with Gasteiger partial charge in [-0.25, -0.2) is 4.98 Å². The second-order valence-electron chi connectivity index (χ2n) is 4.06. The standard InChI is InChI=1S/C11H18N4/c12-10-3-5-14-11(13)9(10)4-8-15-6-1-2-7-15/h3,5H,1-2,4,6-8H2,(H4,12,13,14). The van der Waals surface area contributed by atoms with Crippen LogP contribution in [0.2, 0.25) is 0 Å². The Kier molecular flexibility index (Phi) is 3.06. The number of nitrogen functional groups attached to an aromatic ring is 2. The lowest BCUT2D eigenvalue weighted by molar-refractivity contribution is 0.344. The summed E-state index contributed by atoms with van der Waals surface area (Å²) in [7, 11) is 0. The van der Waals surface area contributed by atoms with Gasteiger partial charge in [0.2, 0.25) is 0 Å².